The van der Waals surface area contributed by atoms with Crippen molar-refractivity contribution in [1.29, 1.82) is 0 Å². The molecule has 0 bridgehead atoms. The van der Waals surface area contributed by atoms with E-state index in [9.17, 15) is 0 Å². The second-order valence-corrected chi connectivity index (χ2v) is 13.3. The SMILES string of the molecule is COC1OC(C)C(OCc2ccccc2)C(O[Si](C)(C)C(C)(C)C)C1F. The average Bonchev–Trinajstić information content (AvgIpc) is 2.57. The highest BCUT2D eigenvalue weighted by atomic mass is 28.4. The molecule has 0 N–H and O–H groups in total. The molecule has 4 nitrogen and oxygen atoms in total. The van der Waals surface area contributed by atoms with Gasteiger partial charge in [-0.1, -0.05) is 51.1 Å². The first-order chi connectivity index (χ1) is 12.1. The van der Waals surface area contributed by atoms with Crippen LogP contribution in [0.15, 0.2) is 30.3 Å². The Bertz CT molecular complexity index is 561. The maximum Gasteiger partial charge on any atom is 0.192 e. The summed E-state index contributed by atoms with van der Waals surface area (Å²) in [4.78, 5) is 0. The molecule has 5 atom stereocenters. The van der Waals surface area contributed by atoms with Crippen LogP contribution < -0.4 is 0 Å². The number of hydrogen-bond acceptors (Lipinski definition) is 4. The number of alkyl halides is 1. The Hall–Kier alpha value is -0.793. The zero-order chi connectivity index (χ0) is 19.5. The van der Waals surface area contributed by atoms with Crippen LogP contribution in [0.25, 0.3) is 0 Å². The third-order valence-corrected chi connectivity index (χ3v) is 9.94. The number of hydrogen-bond donors (Lipinski definition) is 0. The van der Waals surface area contributed by atoms with Gasteiger partial charge in [0.25, 0.3) is 0 Å². The second-order valence-electron chi connectivity index (χ2n) is 8.49. The molecular formula is C20H33FO4Si. The molecule has 2 rings (SSSR count). The van der Waals surface area contributed by atoms with Crippen LogP contribution in [0.2, 0.25) is 18.1 Å². The maximum absolute atomic E-state index is 15.1. The summed E-state index contributed by atoms with van der Waals surface area (Å²) in [5.74, 6) is 0. The van der Waals surface area contributed by atoms with Gasteiger partial charge in [-0.2, -0.15) is 0 Å². The summed E-state index contributed by atoms with van der Waals surface area (Å²) >= 11 is 0. The molecule has 1 aliphatic rings. The molecule has 0 radical (unpaired) electrons. The van der Waals surface area contributed by atoms with Gasteiger partial charge in [0.2, 0.25) is 0 Å². The van der Waals surface area contributed by atoms with Crippen LogP contribution >= 0.6 is 0 Å². The minimum atomic E-state index is -2.19. The molecule has 1 aromatic carbocycles. The fraction of sp³-hybridized carbons (Fsp3) is 0.700. The van der Waals surface area contributed by atoms with Crippen LogP contribution in [0, 0.1) is 0 Å². The van der Waals surface area contributed by atoms with Crippen molar-refractivity contribution >= 4 is 8.32 Å². The first-order valence-electron chi connectivity index (χ1n) is 9.22. The van der Waals surface area contributed by atoms with Gasteiger partial charge < -0.3 is 18.6 Å². The molecule has 0 saturated carbocycles. The summed E-state index contributed by atoms with van der Waals surface area (Å²) in [6.45, 7) is 12.9. The Morgan fingerprint density at radius 2 is 1.73 bits per heavy atom. The third-order valence-electron chi connectivity index (χ3n) is 5.46. The lowest BCUT2D eigenvalue weighted by Gasteiger charge is -2.47. The summed E-state index contributed by atoms with van der Waals surface area (Å²) in [6.07, 6.45) is -3.87. The highest BCUT2D eigenvalue weighted by Crippen LogP contribution is 2.40. The van der Waals surface area contributed by atoms with Crippen molar-refractivity contribution < 1.29 is 23.0 Å². The number of methoxy groups -OCH3 is 1. The first kappa shape index (κ1) is 21.5. The monoisotopic (exact) mass is 384 g/mol. The lowest BCUT2D eigenvalue weighted by atomic mass is 10.0. The molecule has 1 fully saturated rings. The number of halogens is 1. The van der Waals surface area contributed by atoms with Crippen LogP contribution in [0.3, 0.4) is 0 Å². The van der Waals surface area contributed by atoms with Gasteiger partial charge in [-0.15, -0.1) is 0 Å². The zero-order valence-corrected chi connectivity index (χ0v) is 18.0. The van der Waals surface area contributed by atoms with E-state index in [0.717, 1.165) is 5.56 Å². The minimum Gasteiger partial charge on any atom is -0.408 e. The predicted octanol–water partition coefficient (Wildman–Crippen LogP) is 4.69. The summed E-state index contributed by atoms with van der Waals surface area (Å²) in [6, 6.07) is 9.86. The number of ether oxygens (including phenoxy) is 3. The molecule has 0 aliphatic carbocycles. The van der Waals surface area contributed by atoms with Crippen LogP contribution in [0.5, 0.6) is 0 Å². The Balaban J connectivity index is 2.20. The summed E-state index contributed by atoms with van der Waals surface area (Å²) < 4.78 is 38.6. The van der Waals surface area contributed by atoms with Crippen LogP contribution in [-0.4, -0.2) is 46.2 Å². The van der Waals surface area contributed by atoms with Crippen molar-refractivity contribution in [3.8, 4) is 0 Å². The molecule has 0 amide bonds. The van der Waals surface area contributed by atoms with Crippen LogP contribution in [0.4, 0.5) is 4.39 Å². The van der Waals surface area contributed by atoms with Gasteiger partial charge in [0.15, 0.2) is 20.8 Å². The molecular weight excluding hydrogens is 351 g/mol. The second kappa shape index (κ2) is 8.48. The molecule has 1 aromatic rings. The highest BCUT2D eigenvalue weighted by molar-refractivity contribution is 6.74. The van der Waals surface area contributed by atoms with Crippen molar-refractivity contribution in [3.63, 3.8) is 0 Å². The van der Waals surface area contributed by atoms with E-state index in [1.807, 2.05) is 37.3 Å². The molecule has 0 aromatic heterocycles. The topological polar surface area (TPSA) is 36.9 Å². The van der Waals surface area contributed by atoms with E-state index in [1.54, 1.807) is 0 Å². The Labute approximate surface area is 158 Å². The Morgan fingerprint density at radius 3 is 2.27 bits per heavy atom. The Kier molecular flexibility index (Phi) is 7.02. The normalized spacial score (nSPS) is 30.4. The van der Waals surface area contributed by atoms with Crippen molar-refractivity contribution in [2.24, 2.45) is 0 Å². The molecule has 1 heterocycles. The molecule has 1 aliphatic heterocycles. The summed E-state index contributed by atoms with van der Waals surface area (Å²) in [5, 5.41) is -0.0270. The van der Waals surface area contributed by atoms with E-state index >= 15 is 4.39 Å². The minimum absolute atomic E-state index is 0.0270. The van der Waals surface area contributed by atoms with E-state index in [4.69, 9.17) is 18.6 Å². The standard InChI is InChI=1S/C20H33FO4Si/c1-14-17(23-13-15-11-9-8-10-12-15)18(16(21)19(22-5)24-14)25-26(6,7)20(2,3)4/h8-12,14,16-19H,13H2,1-7H3. The highest BCUT2D eigenvalue weighted by Gasteiger charge is 2.50. The van der Waals surface area contributed by atoms with Gasteiger partial charge in [-0.05, 0) is 30.6 Å². The lowest BCUT2D eigenvalue weighted by molar-refractivity contribution is -0.277. The van der Waals surface area contributed by atoms with E-state index in [0.29, 0.717) is 6.61 Å². The van der Waals surface area contributed by atoms with Crippen molar-refractivity contribution in [2.75, 3.05) is 7.11 Å². The largest absolute Gasteiger partial charge is 0.408 e. The fourth-order valence-electron chi connectivity index (χ4n) is 2.80. The molecule has 6 heteroatoms. The van der Waals surface area contributed by atoms with Gasteiger partial charge in [0, 0.05) is 7.11 Å². The van der Waals surface area contributed by atoms with E-state index < -0.39 is 33.0 Å². The van der Waals surface area contributed by atoms with Crippen molar-refractivity contribution in [3.05, 3.63) is 35.9 Å². The Morgan fingerprint density at radius 1 is 1.12 bits per heavy atom. The van der Waals surface area contributed by atoms with Gasteiger partial charge in [0.1, 0.15) is 12.2 Å². The third kappa shape index (κ3) is 4.92. The fourth-order valence-corrected chi connectivity index (χ4v) is 4.10. The zero-order valence-electron chi connectivity index (χ0n) is 17.0. The van der Waals surface area contributed by atoms with E-state index in [2.05, 4.69) is 33.9 Å². The van der Waals surface area contributed by atoms with Crippen LogP contribution in [0.1, 0.15) is 33.3 Å². The van der Waals surface area contributed by atoms with Crippen molar-refractivity contribution in [1.82, 2.24) is 0 Å². The van der Waals surface area contributed by atoms with Crippen molar-refractivity contribution in [2.45, 2.75) is 83.2 Å². The molecule has 5 unspecified atom stereocenters. The first-order valence-corrected chi connectivity index (χ1v) is 12.1. The van der Waals surface area contributed by atoms with E-state index in [-0.39, 0.29) is 11.1 Å². The quantitative estimate of drug-likeness (QED) is 0.667. The molecule has 148 valence electrons. The number of rotatable bonds is 6. The van der Waals surface area contributed by atoms with Gasteiger partial charge in [-0.3, -0.25) is 0 Å². The predicted molar refractivity (Wildman–Crippen MR) is 103 cm³/mol. The number of benzene rings is 1. The van der Waals surface area contributed by atoms with Gasteiger partial charge in [0.05, 0.1) is 12.7 Å². The molecule has 0 spiro atoms. The molecule has 26 heavy (non-hydrogen) atoms. The maximum atomic E-state index is 15.1. The van der Waals surface area contributed by atoms with E-state index in [1.165, 1.54) is 7.11 Å². The smallest absolute Gasteiger partial charge is 0.192 e. The summed E-state index contributed by atoms with van der Waals surface area (Å²) in [7, 11) is -0.730. The van der Waals surface area contributed by atoms with Crippen LogP contribution in [-0.2, 0) is 25.2 Å². The molecule has 1 saturated heterocycles. The van der Waals surface area contributed by atoms with Gasteiger partial charge >= 0.3 is 0 Å². The average molecular weight is 385 g/mol. The van der Waals surface area contributed by atoms with Gasteiger partial charge in [-0.25, -0.2) is 4.39 Å². The lowest BCUT2D eigenvalue weighted by Crippen LogP contribution is -2.61. The summed E-state index contributed by atoms with van der Waals surface area (Å²) in [5.41, 5.74) is 1.04.